The predicted molar refractivity (Wildman–Crippen MR) is 98.8 cm³/mol. The maximum Gasteiger partial charge on any atom is 0.314 e. The van der Waals surface area contributed by atoms with Gasteiger partial charge in [-0.25, -0.2) is 0 Å². The van der Waals surface area contributed by atoms with Crippen molar-refractivity contribution in [2.75, 3.05) is 19.0 Å². The van der Waals surface area contributed by atoms with Gasteiger partial charge in [0.25, 0.3) is 5.69 Å². The predicted octanol–water partition coefficient (Wildman–Crippen LogP) is 3.84. The standard InChI is InChI=1S/C15H15ClN2O4.H3O3P/c1-3-17-13-9-11(4-6-14(13)18(19)20)22-10-5-7-15(21-2)12(16)8-10;1-4(2)3/h4-9,17H,3H2,1-2H3;4H,(H2,1,2,3). The van der Waals surface area contributed by atoms with Gasteiger partial charge in [0.05, 0.1) is 17.1 Å². The monoisotopic (exact) mass is 404 g/mol. The van der Waals surface area contributed by atoms with E-state index in [-0.39, 0.29) is 5.69 Å². The maximum absolute atomic E-state index is 11.0. The molecule has 9 nitrogen and oxygen atoms in total. The third kappa shape index (κ3) is 6.89. The zero-order valence-electron chi connectivity index (χ0n) is 13.9. The van der Waals surface area contributed by atoms with Crippen molar-refractivity contribution in [3.05, 3.63) is 51.5 Å². The number of hydrogen-bond acceptors (Lipinski definition) is 6. The Labute approximate surface area is 155 Å². The van der Waals surface area contributed by atoms with E-state index in [1.165, 1.54) is 19.2 Å². The lowest BCUT2D eigenvalue weighted by atomic mass is 10.2. The Bertz CT molecular complexity index is 785. The molecule has 2 aromatic rings. The number of nitro benzene ring substituents is 1. The molecule has 0 aliphatic carbocycles. The largest absolute Gasteiger partial charge is 0.495 e. The molecule has 0 fully saturated rings. The van der Waals surface area contributed by atoms with Gasteiger partial charge in [-0.15, -0.1) is 0 Å². The third-order valence-electron chi connectivity index (χ3n) is 2.89. The van der Waals surface area contributed by atoms with Crippen molar-refractivity contribution in [1.82, 2.24) is 0 Å². The SMILES string of the molecule is CCNc1cc(Oc2ccc(OC)c(Cl)c2)ccc1[N+](=O)[O-].O=[PH](O)O. The minimum Gasteiger partial charge on any atom is -0.495 e. The van der Waals surface area contributed by atoms with Crippen LogP contribution in [0.25, 0.3) is 0 Å². The highest BCUT2D eigenvalue weighted by Crippen LogP contribution is 2.34. The molecule has 0 aromatic heterocycles. The van der Waals surface area contributed by atoms with E-state index in [2.05, 4.69) is 5.32 Å². The Hall–Kier alpha value is -2.32. The quantitative estimate of drug-likeness (QED) is 0.376. The van der Waals surface area contributed by atoms with Crippen molar-refractivity contribution < 1.29 is 28.7 Å². The lowest BCUT2D eigenvalue weighted by Crippen LogP contribution is -2.01. The highest BCUT2D eigenvalue weighted by Gasteiger charge is 2.14. The molecule has 0 aliphatic rings. The van der Waals surface area contributed by atoms with Crippen LogP contribution in [0.1, 0.15) is 6.92 Å². The Morgan fingerprint density at radius 3 is 2.31 bits per heavy atom. The van der Waals surface area contributed by atoms with E-state index in [1.54, 1.807) is 24.3 Å². The summed E-state index contributed by atoms with van der Waals surface area (Å²) in [6, 6.07) is 9.54. The van der Waals surface area contributed by atoms with E-state index in [0.717, 1.165) is 0 Å². The fourth-order valence-electron chi connectivity index (χ4n) is 1.92. The molecule has 0 radical (unpaired) electrons. The van der Waals surface area contributed by atoms with Gasteiger partial charge in [0.1, 0.15) is 22.9 Å². The van der Waals surface area contributed by atoms with Crippen LogP contribution < -0.4 is 14.8 Å². The normalized spacial score (nSPS) is 9.92. The summed E-state index contributed by atoms with van der Waals surface area (Å²) in [6.45, 7) is 2.43. The van der Waals surface area contributed by atoms with Crippen LogP contribution in [-0.2, 0) is 4.57 Å². The first-order valence-corrected chi connectivity index (χ1v) is 8.92. The summed E-state index contributed by atoms with van der Waals surface area (Å²) < 4.78 is 19.5. The van der Waals surface area contributed by atoms with Gasteiger partial charge in [0, 0.05) is 24.7 Å². The second kappa shape index (κ2) is 10.6. The van der Waals surface area contributed by atoms with Crippen molar-refractivity contribution in [3.8, 4) is 17.2 Å². The second-order valence-corrected chi connectivity index (χ2v) is 5.62. The summed E-state index contributed by atoms with van der Waals surface area (Å²) in [5, 5.41) is 14.3. The van der Waals surface area contributed by atoms with Crippen molar-refractivity contribution in [1.29, 1.82) is 0 Å². The average Bonchev–Trinajstić information content (AvgIpc) is 2.55. The number of hydrogen-bond donors (Lipinski definition) is 3. The van der Waals surface area contributed by atoms with Gasteiger partial charge < -0.3 is 24.6 Å². The molecule has 142 valence electrons. The van der Waals surface area contributed by atoms with Gasteiger partial charge in [-0.3, -0.25) is 14.7 Å². The first-order chi connectivity index (χ1) is 12.3. The Balaban J connectivity index is 0.000000765. The van der Waals surface area contributed by atoms with Gasteiger partial charge in [0.15, 0.2) is 0 Å². The Morgan fingerprint density at radius 2 is 1.81 bits per heavy atom. The number of ether oxygens (including phenoxy) is 2. The molecule has 0 aliphatic heterocycles. The molecule has 0 atom stereocenters. The molecule has 0 amide bonds. The number of benzene rings is 2. The van der Waals surface area contributed by atoms with Crippen LogP contribution in [-0.4, -0.2) is 28.4 Å². The molecular formula is C15H18ClN2O7P. The lowest BCUT2D eigenvalue weighted by Gasteiger charge is -2.10. The van der Waals surface area contributed by atoms with E-state index in [0.29, 0.717) is 34.5 Å². The number of nitro groups is 1. The van der Waals surface area contributed by atoms with Crippen LogP contribution in [0.15, 0.2) is 36.4 Å². The minimum absolute atomic E-state index is 0.00182. The molecule has 3 N–H and O–H groups in total. The summed E-state index contributed by atoms with van der Waals surface area (Å²) in [7, 11) is -1.60. The molecule has 26 heavy (non-hydrogen) atoms. The van der Waals surface area contributed by atoms with E-state index in [1.807, 2.05) is 6.92 Å². The molecule has 0 bridgehead atoms. The minimum atomic E-state index is -3.13. The van der Waals surface area contributed by atoms with Crippen LogP contribution in [0.4, 0.5) is 11.4 Å². The zero-order valence-corrected chi connectivity index (χ0v) is 15.7. The van der Waals surface area contributed by atoms with Crippen molar-refractivity contribution in [2.45, 2.75) is 6.92 Å². The maximum atomic E-state index is 11.0. The molecule has 0 heterocycles. The smallest absolute Gasteiger partial charge is 0.314 e. The van der Waals surface area contributed by atoms with Gasteiger partial charge in [-0.1, -0.05) is 11.6 Å². The molecule has 0 unspecified atom stereocenters. The number of anilines is 1. The van der Waals surface area contributed by atoms with Crippen molar-refractivity contribution in [2.24, 2.45) is 0 Å². The number of halogens is 1. The summed E-state index contributed by atoms with van der Waals surface area (Å²) in [5.74, 6) is 1.54. The molecule has 0 saturated carbocycles. The number of methoxy groups -OCH3 is 1. The van der Waals surface area contributed by atoms with E-state index in [9.17, 15) is 10.1 Å². The van der Waals surface area contributed by atoms with Crippen LogP contribution in [0.2, 0.25) is 5.02 Å². The first kappa shape index (κ1) is 21.7. The van der Waals surface area contributed by atoms with Crippen LogP contribution >= 0.6 is 19.9 Å². The Kier molecular flexibility index (Phi) is 8.87. The van der Waals surface area contributed by atoms with Gasteiger partial charge >= 0.3 is 8.25 Å². The number of nitrogens with zero attached hydrogens (tertiary/aromatic N) is 1. The zero-order chi connectivity index (χ0) is 19.7. The van der Waals surface area contributed by atoms with Crippen LogP contribution in [0, 0.1) is 10.1 Å². The molecule has 2 rings (SSSR count). The molecule has 0 spiro atoms. The molecular weight excluding hydrogens is 387 g/mol. The lowest BCUT2D eigenvalue weighted by molar-refractivity contribution is -0.384. The first-order valence-electron chi connectivity index (χ1n) is 7.24. The highest BCUT2D eigenvalue weighted by atomic mass is 35.5. The summed E-state index contributed by atoms with van der Waals surface area (Å²) in [4.78, 5) is 24.9. The fraction of sp³-hybridized carbons (Fsp3) is 0.200. The average molecular weight is 405 g/mol. The molecule has 0 saturated heterocycles. The van der Waals surface area contributed by atoms with E-state index >= 15 is 0 Å². The van der Waals surface area contributed by atoms with Gasteiger partial charge in [-0.2, -0.15) is 0 Å². The number of nitrogens with one attached hydrogen (secondary N) is 1. The van der Waals surface area contributed by atoms with Crippen LogP contribution in [0.5, 0.6) is 17.2 Å². The third-order valence-corrected chi connectivity index (χ3v) is 3.19. The molecule has 2 aromatic carbocycles. The Morgan fingerprint density at radius 1 is 1.23 bits per heavy atom. The van der Waals surface area contributed by atoms with Crippen molar-refractivity contribution >= 4 is 31.2 Å². The summed E-state index contributed by atoms with van der Waals surface area (Å²) >= 11 is 6.04. The van der Waals surface area contributed by atoms with Gasteiger partial charge in [-0.05, 0) is 25.1 Å². The van der Waals surface area contributed by atoms with E-state index < -0.39 is 13.2 Å². The van der Waals surface area contributed by atoms with E-state index in [4.69, 9.17) is 35.4 Å². The molecule has 11 heteroatoms. The van der Waals surface area contributed by atoms with Crippen LogP contribution in [0.3, 0.4) is 0 Å². The topological polar surface area (TPSA) is 131 Å². The summed E-state index contributed by atoms with van der Waals surface area (Å²) in [5.41, 5.74) is 0.409. The highest BCUT2D eigenvalue weighted by molar-refractivity contribution is 7.30. The second-order valence-electron chi connectivity index (χ2n) is 4.65. The number of rotatable bonds is 6. The fourth-order valence-corrected chi connectivity index (χ4v) is 2.16. The summed E-state index contributed by atoms with van der Waals surface area (Å²) in [6.07, 6.45) is 0. The van der Waals surface area contributed by atoms with Gasteiger partial charge in [0.2, 0.25) is 0 Å². The van der Waals surface area contributed by atoms with Crippen molar-refractivity contribution in [3.63, 3.8) is 0 Å².